The van der Waals surface area contributed by atoms with Crippen molar-refractivity contribution in [1.29, 1.82) is 0 Å². The molecule has 0 bridgehead atoms. The molecule has 0 aliphatic rings. The van der Waals surface area contributed by atoms with Crippen molar-refractivity contribution in [3.63, 3.8) is 0 Å². The molecule has 0 spiro atoms. The van der Waals surface area contributed by atoms with Crippen molar-refractivity contribution in [3.8, 4) is 0 Å². The summed E-state index contributed by atoms with van der Waals surface area (Å²) in [7, 11) is 0. The Morgan fingerprint density at radius 3 is 2.41 bits per heavy atom. The minimum Gasteiger partial charge on any atom is -0.352 e. The van der Waals surface area contributed by atoms with Gasteiger partial charge < -0.3 is 5.32 Å². The number of nitrogens with one attached hydrogen (secondary N) is 1. The molecule has 116 valence electrons. The average molecular weight is 295 g/mol. The zero-order chi connectivity index (χ0) is 16.1. The molecule has 0 aliphatic heterocycles. The van der Waals surface area contributed by atoms with Gasteiger partial charge in [-0.05, 0) is 68.9 Å². The van der Waals surface area contributed by atoms with Gasteiger partial charge in [-0.1, -0.05) is 35.9 Å². The lowest BCUT2D eigenvalue weighted by molar-refractivity contribution is 0.0952. The first-order valence-electron chi connectivity index (χ1n) is 7.89. The van der Waals surface area contributed by atoms with Crippen molar-refractivity contribution >= 4 is 5.91 Å². The van der Waals surface area contributed by atoms with Crippen LogP contribution >= 0.6 is 0 Å². The molecule has 0 heterocycles. The number of benzene rings is 2. The highest BCUT2D eigenvalue weighted by Crippen LogP contribution is 2.15. The van der Waals surface area contributed by atoms with Gasteiger partial charge in [0, 0.05) is 12.1 Å². The molecule has 2 aromatic carbocycles. The van der Waals surface area contributed by atoms with Crippen molar-refractivity contribution in [2.75, 3.05) is 6.54 Å². The summed E-state index contributed by atoms with van der Waals surface area (Å²) in [6, 6.07) is 12.6. The van der Waals surface area contributed by atoms with Gasteiger partial charge in [0.1, 0.15) is 0 Å². The highest BCUT2D eigenvalue weighted by Gasteiger charge is 2.09. The van der Waals surface area contributed by atoms with E-state index in [0.717, 1.165) is 29.5 Å². The van der Waals surface area contributed by atoms with Gasteiger partial charge in [0.05, 0.1) is 0 Å². The predicted molar refractivity (Wildman–Crippen MR) is 92.5 cm³/mol. The number of amides is 1. The van der Waals surface area contributed by atoms with E-state index >= 15 is 0 Å². The molecular weight excluding hydrogens is 270 g/mol. The lowest BCUT2D eigenvalue weighted by atomic mass is 10.0. The van der Waals surface area contributed by atoms with Gasteiger partial charge in [0.25, 0.3) is 5.91 Å². The normalized spacial score (nSPS) is 10.5. The SMILES string of the molecule is Cc1cccc(CCCNC(=O)c2cc(C)c(C)cc2C)c1. The van der Waals surface area contributed by atoms with Crippen LogP contribution in [0.25, 0.3) is 0 Å². The number of carbonyl (C=O) groups is 1. The molecule has 2 rings (SSSR count). The molecule has 0 saturated carbocycles. The van der Waals surface area contributed by atoms with E-state index in [-0.39, 0.29) is 5.91 Å². The first kappa shape index (κ1) is 16.3. The first-order chi connectivity index (χ1) is 10.5. The number of carbonyl (C=O) groups excluding carboxylic acids is 1. The standard InChI is InChI=1S/C20H25NO/c1-14-7-5-8-18(11-14)9-6-10-21-20(22)19-13-16(3)15(2)12-17(19)4/h5,7-8,11-13H,6,9-10H2,1-4H3,(H,21,22). The number of aryl methyl sites for hydroxylation is 5. The topological polar surface area (TPSA) is 29.1 Å². The Morgan fingerprint density at radius 1 is 0.955 bits per heavy atom. The Labute approximate surface area is 133 Å². The van der Waals surface area contributed by atoms with Gasteiger partial charge >= 0.3 is 0 Å². The third-order valence-electron chi connectivity index (χ3n) is 4.10. The zero-order valence-corrected chi connectivity index (χ0v) is 14.0. The smallest absolute Gasteiger partial charge is 0.251 e. The second-order valence-corrected chi connectivity index (χ2v) is 6.10. The summed E-state index contributed by atoms with van der Waals surface area (Å²) >= 11 is 0. The Kier molecular flexibility index (Phi) is 5.37. The summed E-state index contributed by atoms with van der Waals surface area (Å²) < 4.78 is 0. The molecule has 22 heavy (non-hydrogen) atoms. The molecule has 0 unspecified atom stereocenters. The third kappa shape index (κ3) is 4.20. The van der Waals surface area contributed by atoms with E-state index < -0.39 is 0 Å². The maximum absolute atomic E-state index is 12.3. The molecule has 0 saturated heterocycles. The van der Waals surface area contributed by atoms with Gasteiger partial charge in [-0.25, -0.2) is 0 Å². The maximum Gasteiger partial charge on any atom is 0.251 e. The Morgan fingerprint density at radius 2 is 1.68 bits per heavy atom. The molecule has 1 amide bonds. The molecule has 0 atom stereocenters. The van der Waals surface area contributed by atoms with Crippen LogP contribution in [0.2, 0.25) is 0 Å². The van der Waals surface area contributed by atoms with E-state index in [0.29, 0.717) is 6.54 Å². The van der Waals surface area contributed by atoms with E-state index in [1.807, 2.05) is 19.9 Å². The minimum atomic E-state index is 0.0323. The molecule has 2 aromatic rings. The molecule has 0 aliphatic carbocycles. The fraction of sp³-hybridized carbons (Fsp3) is 0.350. The van der Waals surface area contributed by atoms with Crippen LogP contribution in [0.3, 0.4) is 0 Å². The Hall–Kier alpha value is -2.09. The van der Waals surface area contributed by atoms with Crippen molar-refractivity contribution in [2.24, 2.45) is 0 Å². The monoisotopic (exact) mass is 295 g/mol. The summed E-state index contributed by atoms with van der Waals surface area (Å²) in [5.74, 6) is 0.0323. The summed E-state index contributed by atoms with van der Waals surface area (Å²) in [4.78, 5) is 12.3. The quantitative estimate of drug-likeness (QED) is 0.819. The summed E-state index contributed by atoms with van der Waals surface area (Å²) in [5.41, 5.74) is 6.84. The molecular formula is C20H25NO. The van der Waals surface area contributed by atoms with E-state index in [1.54, 1.807) is 0 Å². The first-order valence-corrected chi connectivity index (χ1v) is 7.89. The van der Waals surface area contributed by atoms with Crippen LogP contribution in [-0.2, 0) is 6.42 Å². The van der Waals surface area contributed by atoms with Crippen molar-refractivity contribution in [3.05, 3.63) is 69.8 Å². The summed E-state index contributed by atoms with van der Waals surface area (Å²) in [5, 5.41) is 3.03. The fourth-order valence-corrected chi connectivity index (χ4v) is 2.66. The van der Waals surface area contributed by atoms with Crippen LogP contribution in [0.15, 0.2) is 36.4 Å². The van der Waals surface area contributed by atoms with Crippen LogP contribution < -0.4 is 5.32 Å². The van der Waals surface area contributed by atoms with Crippen LogP contribution in [-0.4, -0.2) is 12.5 Å². The van der Waals surface area contributed by atoms with Gasteiger partial charge in [0.2, 0.25) is 0 Å². The van der Waals surface area contributed by atoms with Crippen LogP contribution in [0.5, 0.6) is 0 Å². The Balaban J connectivity index is 1.87. The minimum absolute atomic E-state index is 0.0323. The molecule has 2 heteroatoms. The number of hydrogen-bond donors (Lipinski definition) is 1. The summed E-state index contributed by atoms with van der Waals surface area (Å²) in [6.07, 6.45) is 1.95. The van der Waals surface area contributed by atoms with E-state index in [9.17, 15) is 4.79 Å². The summed E-state index contributed by atoms with van der Waals surface area (Å²) in [6.45, 7) is 8.93. The average Bonchev–Trinajstić information content (AvgIpc) is 2.47. The van der Waals surface area contributed by atoms with Crippen LogP contribution in [0, 0.1) is 27.7 Å². The molecule has 0 aromatic heterocycles. The molecule has 0 fully saturated rings. The van der Waals surface area contributed by atoms with Crippen molar-refractivity contribution in [2.45, 2.75) is 40.5 Å². The van der Waals surface area contributed by atoms with Gasteiger partial charge in [0.15, 0.2) is 0 Å². The maximum atomic E-state index is 12.3. The number of rotatable bonds is 5. The van der Waals surface area contributed by atoms with E-state index in [4.69, 9.17) is 0 Å². The lowest BCUT2D eigenvalue weighted by Gasteiger charge is -2.10. The predicted octanol–water partition coefficient (Wildman–Crippen LogP) is 4.28. The van der Waals surface area contributed by atoms with Crippen LogP contribution in [0.4, 0.5) is 0 Å². The second kappa shape index (κ2) is 7.26. The van der Waals surface area contributed by atoms with Gasteiger partial charge in [-0.15, -0.1) is 0 Å². The van der Waals surface area contributed by atoms with E-state index in [1.165, 1.54) is 16.7 Å². The van der Waals surface area contributed by atoms with Gasteiger partial charge in [-0.2, -0.15) is 0 Å². The van der Waals surface area contributed by atoms with E-state index in [2.05, 4.69) is 49.5 Å². The Bertz CT molecular complexity index is 673. The second-order valence-electron chi connectivity index (χ2n) is 6.10. The highest BCUT2D eigenvalue weighted by atomic mass is 16.1. The molecule has 2 nitrogen and oxygen atoms in total. The lowest BCUT2D eigenvalue weighted by Crippen LogP contribution is -2.25. The number of hydrogen-bond acceptors (Lipinski definition) is 1. The largest absolute Gasteiger partial charge is 0.352 e. The zero-order valence-electron chi connectivity index (χ0n) is 14.0. The highest BCUT2D eigenvalue weighted by molar-refractivity contribution is 5.95. The third-order valence-corrected chi connectivity index (χ3v) is 4.10. The van der Waals surface area contributed by atoms with Crippen molar-refractivity contribution < 1.29 is 4.79 Å². The van der Waals surface area contributed by atoms with Crippen LogP contribution in [0.1, 0.15) is 44.6 Å². The molecule has 0 radical (unpaired) electrons. The van der Waals surface area contributed by atoms with Crippen molar-refractivity contribution in [1.82, 2.24) is 5.32 Å². The van der Waals surface area contributed by atoms with Gasteiger partial charge in [-0.3, -0.25) is 4.79 Å². The molecule has 1 N–H and O–H groups in total. The fourth-order valence-electron chi connectivity index (χ4n) is 2.66.